The van der Waals surface area contributed by atoms with Gasteiger partial charge in [0.25, 0.3) is 0 Å². The third kappa shape index (κ3) is 4.22. The van der Waals surface area contributed by atoms with Crippen molar-refractivity contribution in [3.63, 3.8) is 0 Å². The van der Waals surface area contributed by atoms with Gasteiger partial charge in [-0.3, -0.25) is 0 Å². The van der Waals surface area contributed by atoms with Gasteiger partial charge in [-0.1, -0.05) is 30.2 Å². The van der Waals surface area contributed by atoms with Crippen LogP contribution in [0.3, 0.4) is 0 Å². The van der Waals surface area contributed by atoms with E-state index in [4.69, 9.17) is 11.6 Å². The minimum absolute atomic E-state index is 0.371. The van der Waals surface area contributed by atoms with Gasteiger partial charge in [0.2, 0.25) is 10.0 Å². The molecule has 3 heterocycles. The number of rotatable bonds is 6. The van der Waals surface area contributed by atoms with Crippen molar-refractivity contribution in [3.8, 4) is 0 Å². The maximum absolute atomic E-state index is 12.7. The molecule has 4 rings (SSSR count). The first-order chi connectivity index (χ1) is 13.5. The van der Waals surface area contributed by atoms with Crippen LogP contribution in [0, 0.1) is 0 Å². The maximum atomic E-state index is 12.7. The number of halogens is 1. The lowest BCUT2D eigenvalue weighted by Crippen LogP contribution is -2.35. The highest BCUT2D eigenvalue weighted by Gasteiger charge is 2.25. The summed E-state index contributed by atoms with van der Waals surface area (Å²) in [4.78, 5) is 4.91. The molecule has 0 bridgehead atoms. The number of hydrogen-bond donors (Lipinski definition) is 1. The van der Waals surface area contributed by atoms with Gasteiger partial charge in [-0.15, -0.1) is 0 Å². The van der Waals surface area contributed by atoms with Crippen LogP contribution in [0.5, 0.6) is 0 Å². The summed E-state index contributed by atoms with van der Waals surface area (Å²) < 4.78 is 28.9. The number of pyridine rings is 1. The van der Waals surface area contributed by atoms with Crippen molar-refractivity contribution in [2.45, 2.75) is 37.2 Å². The molecular formula is C20H23ClN4O2S. The molecule has 8 heteroatoms. The zero-order valence-electron chi connectivity index (χ0n) is 15.5. The summed E-state index contributed by atoms with van der Waals surface area (Å²) >= 11 is 6.00. The van der Waals surface area contributed by atoms with E-state index in [-0.39, 0.29) is 0 Å². The molecule has 0 saturated carbocycles. The van der Waals surface area contributed by atoms with Crippen molar-refractivity contribution in [2.75, 3.05) is 13.1 Å². The van der Waals surface area contributed by atoms with Crippen molar-refractivity contribution in [2.24, 2.45) is 0 Å². The van der Waals surface area contributed by atoms with E-state index in [1.807, 2.05) is 41.1 Å². The molecular weight excluding hydrogens is 396 g/mol. The third-order valence-corrected chi connectivity index (χ3v) is 7.11. The molecule has 0 aliphatic carbocycles. The lowest BCUT2D eigenvalue weighted by atomic mass is 10.2. The van der Waals surface area contributed by atoms with Crippen molar-refractivity contribution in [1.29, 1.82) is 0 Å². The minimum Gasteiger partial charge on any atom is -0.307 e. The van der Waals surface area contributed by atoms with E-state index in [2.05, 4.69) is 10.3 Å². The third-order valence-electron chi connectivity index (χ3n) is 4.98. The Morgan fingerprint density at radius 2 is 1.71 bits per heavy atom. The van der Waals surface area contributed by atoms with Gasteiger partial charge in [0.05, 0.1) is 15.6 Å². The number of imidazole rings is 1. The number of fused-ring (bicyclic) bond motifs is 1. The van der Waals surface area contributed by atoms with E-state index in [1.54, 1.807) is 16.4 Å². The molecule has 148 valence electrons. The molecule has 0 spiro atoms. The number of benzene rings is 1. The van der Waals surface area contributed by atoms with Gasteiger partial charge in [0, 0.05) is 38.6 Å². The quantitative estimate of drug-likeness (QED) is 0.665. The number of nitrogens with one attached hydrogen (secondary N) is 1. The van der Waals surface area contributed by atoms with Crippen LogP contribution < -0.4 is 5.32 Å². The summed E-state index contributed by atoms with van der Waals surface area (Å²) in [5, 5.41) is 4.02. The Balaban J connectivity index is 1.36. The van der Waals surface area contributed by atoms with Gasteiger partial charge in [-0.2, -0.15) is 4.31 Å². The first kappa shape index (κ1) is 19.4. The number of sulfonamides is 1. The monoisotopic (exact) mass is 418 g/mol. The smallest absolute Gasteiger partial charge is 0.243 e. The zero-order chi connectivity index (χ0) is 19.6. The molecule has 1 N–H and O–H groups in total. The molecule has 1 fully saturated rings. The molecule has 0 amide bonds. The summed E-state index contributed by atoms with van der Waals surface area (Å²) in [6.45, 7) is 2.50. The molecule has 0 unspecified atom stereocenters. The van der Waals surface area contributed by atoms with E-state index in [9.17, 15) is 8.42 Å². The normalized spacial score (nSPS) is 15.9. The number of aromatic nitrogens is 2. The molecule has 3 aromatic rings. The van der Waals surface area contributed by atoms with Crippen LogP contribution >= 0.6 is 11.6 Å². The molecule has 28 heavy (non-hydrogen) atoms. The van der Waals surface area contributed by atoms with Gasteiger partial charge in [0.15, 0.2) is 0 Å². The van der Waals surface area contributed by atoms with E-state index >= 15 is 0 Å². The average molecular weight is 419 g/mol. The predicted molar refractivity (Wildman–Crippen MR) is 110 cm³/mol. The van der Waals surface area contributed by atoms with Crippen LogP contribution in [0.15, 0.2) is 53.7 Å². The van der Waals surface area contributed by atoms with Gasteiger partial charge in [-0.05, 0) is 42.7 Å². The first-order valence-corrected chi connectivity index (χ1v) is 11.3. The molecule has 1 saturated heterocycles. The van der Waals surface area contributed by atoms with E-state index in [0.717, 1.165) is 36.2 Å². The number of hydrogen-bond acceptors (Lipinski definition) is 4. The van der Waals surface area contributed by atoms with Crippen LogP contribution in [-0.4, -0.2) is 35.2 Å². The Morgan fingerprint density at radius 1 is 0.964 bits per heavy atom. The molecule has 2 aromatic heterocycles. The number of piperidine rings is 1. The second-order valence-electron chi connectivity index (χ2n) is 7.06. The topological polar surface area (TPSA) is 66.7 Å². The predicted octanol–water partition coefficient (Wildman–Crippen LogP) is 3.45. The average Bonchev–Trinajstić information content (AvgIpc) is 3.11. The van der Waals surface area contributed by atoms with Crippen molar-refractivity contribution >= 4 is 27.3 Å². The summed E-state index contributed by atoms with van der Waals surface area (Å²) in [7, 11) is -3.37. The zero-order valence-corrected chi connectivity index (χ0v) is 17.1. The van der Waals surface area contributed by atoms with Gasteiger partial charge in [-0.25, -0.2) is 13.4 Å². The summed E-state index contributed by atoms with van der Waals surface area (Å²) in [5.41, 5.74) is 2.81. The van der Waals surface area contributed by atoms with Crippen LogP contribution in [0.4, 0.5) is 0 Å². The van der Waals surface area contributed by atoms with Gasteiger partial charge < -0.3 is 9.72 Å². The highest BCUT2D eigenvalue weighted by Crippen LogP contribution is 2.21. The minimum atomic E-state index is -3.37. The highest BCUT2D eigenvalue weighted by atomic mass is 35.5. The summed E-state index contributed by atoms with van der Waals surface area (Å²) in [6, 6.07) is 10.8. The second-order valence-corrected chi connectivity index (χ2v) is 9.43. The van der Waals surface area contributed by atoms with E-state index < -0.39 is 10.0 Å². The molecule has 1 aliphatic rings. The van der Waals surface area contributed by atoms with Crippen LogP contribution in [-0.2, 0) is 23.1 Å². The maximum Gasteiger partial charge on any atom is 0.243 e. The van der Waals surface area contributed by atoms with Crippen LogP contribution in [0.25, 0.3) is 5.65 Å². The molecule has 0 radical (unpaired) electrons. The lowest BCUT2D eigenvalue weighted by molar-refractivity contribution is 0.346. The summed E-state index contributed by atoms with van der Waals surface area (Å²) in [6.07, 6.45) is 6.76. The van der Waals surface area contributed by atoms with Crippen LogP contribution in [0.2, 0.25) is 5.02 Å². The second kappa shape index (κ2) is 8.21. The standard InChI is InChI=1S/C20H23ClN4O2S/c21-17-6-9-20-23-18(15-24(20)14-17)13-22-12-16-4-7-19(8-5-16)28(26,27)25-10-2-1-3-11-25/h4-9,14-15,22H,1-3,10-13H2. The van der Waals surface area contributed by atoms with Gasteiger partial charge >= 0.3 is 0 Å². The van der Waals surface area contributed by atoms with Gasteiger partial charge in [0.1, 0.15) is 5.65 Å². The largest absolute Gasteiger partial charge is 0.307 e. The Hall–Kier alpha value is -1.93. The lowest BCUT2D eigenvalue weighted by Gasteiger charge is -2.25. The highest BCUT2D eigenvalue weighted by molar-refractivity contribution is 7.89. The fourth-order valence-electron chi connectivity index (χ4n) is 3.47. The Kier molecular flexibility index (Phi) is 5.68. The van der Waals surface area contributed by atoms with Crippen LogP contribution in [0.1, 0.15) is 30.5 Å². The fourth-order valence-corrected chi connectivity index (χ4v) is 5.16. The Morgan fingerprint density at radius 3 is 2.46 bits per heavy atom. The SMILES string of the molecule is O=S(=O)(c1ccc(CNCc2cn3cc(Cl)ccc3n2)cc1)N1CCCCC1. The molecule has 1 aliphatic heterocycles. The first-order valence-electron chi connectivity index (χ1n) is 9.45. The summed E-state index contributed by atoms with van der Waals surface area (Å²) in [5.74, 6) is 0. The molecule has 1 aromatic carbocycles. The van der Waals surface area contributed by atoms with E-state index in [1.165, 1.54) is 0 Å². The molecule has 0 atom stereocenters. The Labute approximate surface area is 170 Å². The fraction of sp³-hybridized carbons (Fsp3) is 0.350. The Bertz CT molecular complexity index is 1060. The molecule has 6 nitrogen and oxygen atoms in total. The number of nitrogens with zero attached hydrogens (tertiary/aromatic N) is 3. The van der Waals surface area contributed by atoms with Crippen molar-refractivity contribution < 1.29 is 8.42 Å². The van der Waals surface area contributed by atoms with E-state index in [0.29, 0.717) is 36.1 Å². The van der Waals surface area contributed by atoms with Crippen molar-refractivity contribution in [3.05, 3.63) is 65.1 Å². The van der Waals surface area contributed by atoms with Crippen molar-refractivity contribution in [1.82, 2.24) is 19.0 Å².